The highest BCUT2D eigenvalue weighted by molar-refractivity contribution is 9.10. The number of carbonyl (C=O) groups excluding carboxylic acids is 3. The van der Waals surface area contributed by atoms with E-state index in [9.17, 15) is 14.4 Å². The number of hydrogen-bond donors (Lipinski definition) is 2. The van der Waals surface area contributed by atoms with Crippen LogP contribution in [0.5, 0.6) is 0 Å². The zero-order valence-corrected chi connectivity index (χ0v) is 15.6. The maximum Gasteiger partial charge on any atom is 0.413 e. The molecular formula is C16H15BrN2O4S. The van der Waals surface area contributed by atoms with Gasteiger partial charge < -0.3 is 10.1 Å². The van der Waals surface area contributed by atoms with E-state index >= 15 is 0 Å². The van der Waals surface area contributed by atoms with Crippen molar-refractivity contribution in [2.24, 2.45) is 0 Å². The van der Waals surface area contributed by atoms with Crippen molar-refractivity contribution in [3.05, 3.63) is 50.3 Å². The number of rotatable bonds is 3. The predicted molar refractivity (Wildman–Crippen MR) is 95.8 cm³/mol. The van der Waals surface area contributed by atoms with Crippen LogP contribution in [0.2, 0.25) is 0 Å². The molecule has 0 aliphatic carbocycles. The quantitative estimate of drug-likeness (QED) is 0.803. The number of carbonyl (C=O) groups is 3. The van der Waals surface area contributed by atoms with Crippen LogP contribution < -0.4 is 10.6 Å². The Morgan fingerprint density at radius 1 is 1.12 bits per heavy atom. The van der Waals surface area contributed by atoms with E-state index in [1.54, 1.807) is 31.2 Å². The number of methoxy groups -OCH3 is 1. The van der Waals surface area contributed by atoms with Crippen molar-refractivity contribution in [3.8, 4) is 0 Å². The zero-order valence-electron chi connectivity index (χ0n) is 13.2. The Labute approximate surface area is 151 Å². The van der Waals surface area contributed by atoms with Crippen molar-refractivity contribution in [3.63, 3.8) is 0 Å². The van der Waals surface area contributed by atoms with Gasteiger partial charge in [-0.1, -0.05) is 12.1 Å². The molecule has 0 radical (unpaired) electrons. The fourth-order valence-electron chi connectivity index (χ4n) is 2.01. The number of hydrogen-bond acceptors (Lipinski definition) is 5. The Hall–Kier alpha value is -2.19. The largest absolute Gasteiger partial charge is 0.453 e. The molecular weight excluding hydrogens is 396 g/mol. The average molecular weight is 411 g/mol. The number of nitrogens with one attached hydrogen (secondary N) is 2. The molecule has 1 aromatic heterocycles. The van der Waals surface area contributed by atoms with Gasteiger partial charge in [0.2, 0.25) is 0 Å². The Balaban J connectivity index is 2.33. The lowest BCUT2D eigenvalue weighted by atomic mass is 10.1. The maximum atomic E-state index is 12.5. The first-order chi connectivity index (χ1) is 11.3. The van der Waals surface area contributed by atoms with E-state index < -0.39 is 12.0 Å². The molecule has 0 fully saturated rings. The van der Waals surface area contributed by atoms with Gasteiger partial charge in [0.1, 0.15) is 5.00 Å². The van der Waals surface area contributed by atoms with Crippen LogP contribution in [0.15, 0.2) is 28.7 Å². The summed E-state index contributed by atoms with van der Waals surface area (Å²) in [6, 6.07) is 6.97. The Bertz CT molecular complexity index is 816. The molecule has 0 atom stereocenters. The van der Waals surface area contributed by atoms with Crippen LogP contribution in [0.3, 0.4) is 0 Å². The van der Waals surface area contributed by atoms with E-state index in [1.165, 1.54) is 18.4 Å². The van der Waals surface area contributed by atoms with Crippen molar-refractivity contribution < 1.29 is 19.1 Å². The lowest BCUT2D eigenvalue weighted by Crippen LogP contribution is -2.31. The Kier molecular flexibility index (Phi) is 5.74. The molecule has 0 aliphatic rings. The molecule has 0 saturated heterocycles. The second-order valence-electron chi connectivity index (χ2n) is 4.87. The summed E-state index contributed by atoms with van der Waals surface area (Å²) in [4.78, 5) is 36.9. The standard InChI is InChI=1S/C16H15BrN2O4S/c1-8-9(2)24-15(12(8)14(21)19-16(22)23-3)18-13(20)10-6-4-5-7-11(10)17/h4-7H,1-3H3,(H,18,20)(H,19,21,22). The number of amides is 3. The average Bonchev–Trinajstić information content (AvgIpc) is 2.81. The summed E-state index contributed by atoms with van der Waals surface area (Å²) in [6.45, 7) is 3.59. The van der Waals surface area contributed by atoms with Crippen molar-refractivity contribution in [2.75, 3.05) is 12.4 Å². The highest BCUT2D eigenvalue weighted by Gasteiger charge is 2.23. The minimum absolute atomic E-state index is 0.253. The molecule has 0 aliphatic heterocycles. The van der Waals surface area contributed by atoms with Crippen LogP contribution in [-0.2, 0) is 4.74 Å². The first kappa shape index (κ1) is 18.2. The molecule has 2 rings (SSSR count). The topological polar surface area (TPSA) is 84.5 Å². The smallest absolute Gasteiger partial charge is 0.413 e. The summed E-state index contributed by atoms with van der Waals surface area (Å²) < 4.78 is 5.08. The number of alkyl carbamates (subject to hydrolysis) is 1. The minimum atomic E-state index is -0.855. The molecule has 0 unspecified atom stereocenters. The first-order valence-corrected chi connectivity index (χ1v) is 8.51. The molecule has 2 N–H and O–H groups in total. The molecule has 3 amide bonds. The number of benzene rings is 1. The number of imide groups is 1. The number of halogens is 1. The molecule has 6 nitrogen and oxygen atoms in total. The molecule has 0 bridgehead atoms. The van der Waals surface area contributed by atoms with Crippen LogP contribution in [0.1, 0.15) is 31.2 Å². The summed E-state index contributed by atoms with van der Waals surface area (Å²) in [5.74, 6) is -0.970. The van der Waals surface area contributed by atoms with Gasteiger partial charge >= 0.3 is 6.09 Å². The predicted octanol–water partition coefficient (Wildman–Crippen LogP) is 3.88. The van der Waals surface area contributed by atoms with Gasteiger partial charge in [0.15, 0.2) is 0 Å². The Morgan fingerprint density at radius 3 is 2.42 bits per heavy atom. The molecule has 1 aromatic carbocycles. The van der Waals surface area contributed by atoms with Gasteiger partial charge in [-0.3, -0.25) is 14.9 Å². The summed E-state index contributed by atoms with van der Waals surface area (Å²) in [5, 5.41) is 5.23. The first-order valence-electron chi connectivity index (χ1n) is 6.90. The SMILES string of the molecule is COC(=O)NC(=O)c1c(NC(=O)c2ccccc2Br)sc(C)c1C. The third-order valence-corrected chi connectivity index (χ3v) is 5.17. The molecule has 2 aromatic rings. The number of anilines is 1. The van der Waals surface area contributed by atoms with Crippen LogP contribution >= 0.6 is 27.3 Å². The van der Waals surface area contributed by atoms with E-state index in [0.717, 1.165) is 4.88 Å². The highest BCUT2D eigenvalue weighted by atomic mass is 79.9. The second kappa shape index (κ2) is 7.59. The van der Waals surface area contributed by atoms with Gasteiger partial charge in [0.25, 0.3) is 11.8 Å². The summed E-state index contributed by atoms with van der Waals surface area (Å²) >= 11 is 4.59. The lowest BCUT2D eigenvalue weighted by molar-refractivity contribution is 0.0937. The van der Waals surface area contributed by atoms with E-state index in [0.29, 0.717) is 20.6 Å². The molecule has 126 valence electrons. The fourth-order valence-corrected chi connectivity index (χ4v) is 3.53. The minimum Gasteiger partial charge on any atom is -0.453 e. The molecule has 1 heterocycles. The van der Waals surface area contributed by atoms with Gasteiger partial charge in [-0.15, -0.1) is 11.3 Å². The highest BCUT2D eigenvalue weighted by Crippen LogP contribution is 2.33. The van der Waals surface area contributed by atoms with Crippen LogP contribution in [-0.4, -0.2) is 25.0 Å². The van der Waals surface area contributed by atoms with Crippen LogP contribution in [0.25, 0.3) is 0 Å². The zero-order chi connectivity index (χ0) is 17.9. The van der Waals surface area contributed by atoms with Crippen molar-refractivity contribution in [1.29, 1.82) is 0 Å². The maximum absolute atomic E-state index is 12.5. The van der Waals surface area contributed by atoms with Crippen molar-refractivity contribution in [1.82, 2.24) is 5.32 Å². The second-order valence-corrected chi connectivity index (χ2v) is 6.95. The van der Waals surface area contributed by atoms with Gasteiger partial charge in [-0.2, -0.15) is 0 Å². The van der Waals surface area contributed by atoms with E-state index in [4.69, 9.17) is 0 Å². The van der Waals surface area contributed by atoms with Gasteiger partial charge in [0, 0.05) is 9.35 Å². The molecule has 8 heteroatoms. The summed E-state index contributed by atoms with van der Waals surface area (Å²) in [7, 11) is 1.17. The lowest BCUT2D eigenvalue weighted by Gasteiger charge is -2.08. The van der Waals surface area contributed by atoms with Gasteiger partial charge in [-0.05, 0) is 47.5 Å². The molecule has 0 saturated carbocycles. The van der Waals surface area contributed by atoms with E-state index in [2.05, 4.69) is 31.3 Å². The van der Waals surface area contributed by atoms with E-state index in [-0.39, 0.29) is 11.5 Å². The Morgan fingerprint density at radius 2 is 1.79 bits per heavy atom. The van der Waals surface area contributed by atoms with Gasteiger partial charge in [-0.25, -0.2) is 4.79 Å². The van der Waals surface area contributed by atoms with Crippen LogP contribution in [0, 0.1) is 13.8 Å². The summed E-state index contributed by atoms with van der Waals surface area (Å²) in [6.07, 6.45) is -0.855. The van der Waals surface area contributed by atoms with Crippen LogP contribution in [0.4, 0.5) is 9.80 Å². The number of ether oxygens (including phenoxy) is 1. The molecule has 24 heavy (non-hydrogen) atoms. The van der Waals surface area contributed by atoms with Crippen molar-refractivity contribution in [2.45, 2.75) is 13.8 Å². The van der Waals surface area contributed by atoms with Crippen molar-refractivity contribution >= 4 is 50.2 Å². The summed E-state index contributed by atoms with van der Waals surface area (Å²) in [5.41, 5.74) is 1.40. The fraction of sp³-hybridized carbons (Fsp3) is 0.188. The normalized spacial score (nSPS) is 10.2. The third kappa shape index (κ3) is 3.82. The van der Waals surface area contributed by atoms with E-state index in [1.807, 2.05) is 6.92 Å². The monoisotopic (exact) mass is 410 g/mol. The van der Waals surface area contributed by atoms with Gasteiger partial charge in [0.05, 0.1) is 18.2 Å². The number of thiophene rings is 1. The number of aryl methyl sites for hydroxylation is 1. The third-order valence-electron chi connectivity index (χ3n) is 3.36. The molecule has 0 spiro atoms.